The summed E-state index contributed by atoms with van der Waals surface area (Å²) in [5, 5.41) is 17.4. The molecule has 3 amide bonds. The first-order chi connectivity index (χ1) is 13.8. The lowest BCUT2D eigenvalue weighted by molar-refractivity contribution is -0.153. The van der Waals surface area contributed by atoms with Gasteiger partial charge in [0.25, 0.3) is 0 Å². The predicted molar refractivity (Wildman–Crippen MR) is 111 cm³/mol. The van der Waals surface area contributed by atoms with Gasteiger partial charge >= 0.3 is 6.03 Å². The number of fused-ring (bicyclic) bond motifs is 1. The summed E-state index contributed by atoms with van der Waals surface area (Å²) in [6.45, 7) is 11.4. The molecule has 0 unspecified atom stereocenters. The van der Waals surface area contributed by atoms with Crippen LogP contribution in [0.15, 0.2) is 0 Å². The molecule has 0 aromatic carbocycles. The molecule has 0 radical (unpaired) electrons. The van der Waals surface area contributed by atoms with Gasteiger partial charge in [-0.05, 0) is 55.8 Å². The molecule has 166 valence electrons. The summed E-state index contributed by atoms with van der Waals surface area (Å²) in [7, 11) is 0. The Bertz CT molecular complexity index is 595. The highest BCUT2D eigenvalue weighted by molar-refractivity contribution is 5.79. The van der Waals surface area contributed by atoms with E-state index in [0.29, 0.717) is 32.8 Å². The van der Waals surface area contributed by atoms with Gasteiger partial charge in [0.15, 0.2) is 0 Å². The minimum absolute atomic E-state index is 0.0333. The number of morpholine rings is 1. The summed E-state index contributed by atoms with van der Waals surface area (Å²) in [4.78, 5) is 27.0. The van der Waals surface area contributed by atoms with Crippen molar-refractivity contribution >= 4 is 11.9 Å². The summed E-state index contributed by atoms with van der Waals surface area (Å²) in [5.74, 6) is 0.161. The molecule has 0 bridgehead atoms. The second kappa shape index (κ2) is 9.21. The van der Waals surface area contributed by atoms with E-state index in [4.69, 9.17) is 4.74 Å². The van der Waals surface area contributed by atoms with Gasteiger partial charge in [-0.25, -0.2) is 4.79 Å². The second-order valence-corrected chi connectivity index (χ2v) is 9.61. The van der Waals surface area contributed by atoms with E-state index in [0.717, 1.165) is 25.7 Å². The van der Waals surface area contributed by atoms with Crippen molar-refractivity contribution in [2.75, 3.05) is 32.8 Å². The van der Waals surface area contributed by atoms with E-state index in [9.17, 15) is 14.7 Å². The topological polar surface area (TPSA) is 90.9 Å². The SMILES string of the molecule is CCNC(=O)N[C@H]1CC[C@]2(C)CC[C@H]([C@H](C)C(=O)N3CCOCC3)[C@H](O)[C@H]2[C@@H]1C. The van der Waals surface area contributed by atoms with Gasteiger partial charge in [0.05, 0.1) is 19.3 Å². The van der Waals surface area contributed by atoms with Crippen molar-refractivity contribution < 1.29 is 19.4 Å². The van der Waals surface area contributed by atoms with Crippen LogP contribution >= 0.6 is 0 Å². The summed E-state index contributed by atoms with van der Waals surface area (Å²) in [5.41, 5.74) is 0.0660. The molecule has 1 heterocycles. The molecule has 3 fully saturated rings. The van der Waals surface area contributed by atoms with Crippen LogP contribution in [0.3, 0.4) is 0 Å². The predicted octanol–water partition coefficient (Wildman–Crippen LogP) is 1.99. The summed E-state index contributed by atoms with van der Waals surface area (Å²) >= 11 is 0. The molecule has 7 atom stereocenters. The number of carbonyl (C=O) groups is 2. The van der Waals surface area contributed by atoms with Crippen LogP contribution in [-0.2, 0) is 9.53 Å². The van der Waals surface area contributed by atoms with E-state index in [1.54, 1.807) is 0 Å². The van der Waals surface area contributed by atoms with Gasteiger partial charge in [-0.2, -0.15) is 0 Å². The molecule has 1 saturated heterocycles. The van der Waals surface area contributed by atoms with Gasteiger partial charge < -0.3 is 25.4 Å². The summed E-state index contributed by atoms with van der Waals surface area (Å²) in [6.07, 6.45) is 3.31. The Labute approximate surface area is 174 Å². The summed E-state index contributed by atoms with van der Waals surface area (Å²) in [6, 6.07) is -0.0797. The first-order valence-electron chi connectivity index (χ1n) is 11.4. The minimum Gasteiger partial charge on any atom is -0.392 e. The van der Waals surface area contributed by atoms with Crippen LogP contribution in [0.1, 0.15) is 53.4 Å². The number of hydrogen-bond acceptors (Lipinski definition) is 4. The third kappa shape index (κ3) is 4.55. The molecule has 2 saturated carbocycles. The molecular weight excluding hydrogens is 370 g/mol. The van der Waals surface area contributed by atoms with Crippen LogP contribution in [0.5, 0.6) is 0 Å². The molecule has 7 heteroatoms. The normalized spacial score (nSPS) is 38.7. The van der Waals surface area contributed by atoms with E-state index < -0.39 is 6.10 Å². The van der Waals surface area contributed by atoms with Crippen LogP contribution < -0.4 is 10.6 Å². The number of hydrogen-bond donors (Lipinski definition) is 3. The second-order valence-electron chi connectivity index (χ2n) is 9.61. The first kappa shape index (κ1) is 22.3. The fraction of sp³-hybridized carbons (Fsp3) is 0.909. The van der Waals surface area contributed by atoms with E-state index in [-0.39, 0.29) is 47.1 Å². The van der Waals surface area contributed by atoms with Gasteiger partial charge in [-0.1, -0.05) is 20.8 Å². The third-order valence-corrected chi connectivity index (χ3v) is 7.90. The Morgan fingerprint density at radius 2 is 1.90 bits per heavy atom. The molecule has 3 aliphatic rings. The van der Waals surface area contributed by atoms with Crippen molar-refractivity contribution in [3.63, 3.8) is 0 Å². The number of aliphatic hydroxyl groups excluding tert-OH is 1. The smallest absolute Gasteiger partial charge is 0.315 e. The molecule has 0 spiro atoms. The first-order valence-corrected chi connectivity index (χ1v) is 11.4. The van der Waals surface area contributed by atoms with Crippen molar-refractivity contribution in [2.45, 2.75) is 65.5 Å². The number of urea groups is 1. The fourth-order valence-corrected chi connectivity index (χ4v) is 6.13. The van der Waals surface area contributed by atoms with Crippen LogP contribution in [0.25, 0.3) is 0 Å². The third-order valence-electron chi connectivity index (χ3n) is 7.90. The van der Waals surface area contributed by atoms with E-state index in [1.807, 2.05) is 18.7 Å². The summed E-state index contributed by atoms with van der Waals surface area (Å²) < 4.78 is 5.37. The van der Waals surface area contributed by atoms with E-state index in [1.165, 1.54) is 0 Å². The van der Waals surface area contributed by atoms with Crippen molar-refractivity contribution in [1.29, 1.82) is 0 Å². The van der Waals surface area contributed by atoms with Crippen LogP contribution in [0.4, 0.5) is 4.79 Å². The maximum absolute atomic E-state index is 13.0. The minimum atomic E-state index is -0.525. The number of nitrogens with one attached hydrogen (secondary N) is 2. The van der Waals surface area contributed by atoms with Gasteiger partial charge in [-0.15, -0.1) is 0 Å². The fourth-order valence-electron chi connectivity index (χ4n) is 6.13. The molecule has 3 rings (SSSR count). The Morgan fingerprint density at radius 3 is 2.55 bits per heavy atom. The number of ether oxygens (including phenoxy) is 1. The molecule has 3 N–H and O–H groups in total. The lowest BCUT2D eigenvalue weighted by Gasteiger charge is -2.56. The van der Waals surface area contributed by atoms with Crippen molar-refractivity contribution in [1.82, 2.24) is 15.5 Å². The molecule has 7 nitrogen and oxygen atoms in total. The van der Waals surface area contributed by atoms with E-state index >= 15 is 0 Å². The molecule has 29 heavy (non-hydrogen) atoms. The van der Waals surface area contributed by atoms with Gasteiger partial charge in [0, 0.05) is 31.6 Å². The standard InChI is InChI=1S/C22H39N3O4/c1-5-23-21(28)24-17-7-9-22(4)8-6-16(19(26)18(22)15(17)3)14(2)20(27)25-10-12-29-13-11-25/h14-19,26H,5-13H2,1-4H3,(H2,23,24,28)/t14-,15+,16+,17-,18+,19-,22-/m0/s1. The average Bonchev–Trinajstić information content (AvgIpc) is 2.70. The maximum atomic E-state index is 13.0. The van der Waals surface area contributed by atoms with Gasteiger partial charge in [-0.3, -0.25) is 4.79 Å². The molecule has 2 aliphatic carbocycles. The lowest BCUT2D eigenvalue weighted by Crippen LogP contribution is -2.59. The van der Waals surface area contributed by atoms with Crippen LogP contribution in [0, 0.1) is 29.1 Å². The Balaban J connectivity index is 1.71. The number of rotatable bonds is 4. The van der Waals surface area contributed by atoms with Crippen molar-refractivity contribution in [2.24, 2.45) is 29.1 Å². The highest BCUT2D eigenvalue weighted by Gasteiger charge is 2.54. The van der Waals surface area contributed by atoms with Crippen molar-refractivity contribution in [3.8, 4) is 0 Å². The van der Waals surface area contributed by atoms with Crippen molar-refractivity contribution in [3.05, 3.63) is 0 Å². The Kier molecular flexibility index (Phi) is 7.10. The largest absolute Gasteiger partial charge is 0.392 e. The highest BCUT2D eigenvalue weighted by Crippen LogP contribution is 2.55. The Hall–Kier alpha value is -1.34. The lowest BCUT2D eigenvalue weighted by atomic mass is 9.51. The zero-order valence-corrected chi connectivity index (χ0v) is 18.4. The number of carbonyl (C=O) groups excluding carboxylic acids is 2. The molecule has 0 aromatic heterocycles. The number of nitrogens with zero attached hydrogens (tertiary/aromatic N) is 1. The average molecular weight is 410 g/mol. The van der Waals surface area contributed by atoms with Gasteiger partial charge in [0.2, 0.25) is 5.91 Å². The highest BCUT2D eigenvalue weighted by atomic mass is 16.5. The quantitative estimate of drug-likeness (QED) is 0.662. The Morgan fingerprint density at radius 1 is 1.24 bits per heavy atom. The molecular formula is C22H39N3O4. The maximum Gasteiger partial charge on any atom is 0.315 e. The zero-order chi connectivity index (χ0) is 21.2. The molecule has 0 aromatic rings. The molecule has 1 aliphatic heterocycles. The van der Waals surface area contributed by atoms with E-state index in [2.05, 4.69) is 24.5 Å². The van der Waals surface area contributed by atoms with Crippen LogP contribution in [-0.4, -0.2) is 66.9 Å². The zero-order valence-electron chi connectivity index (χ0n) is 18.4. The number of amides is 3. The monoisotopic (exact) mass is 409 g/mol. The number of aliphatic hydroxyl groups is 1. The van der Waals surface area contributed by atoms with Crippen LogP contribution in [0.2, 0.25) is 0 Å². The van der Waals surface area contributed by atoms with Gasteiger partial charge in [0.1, 0.15) is 0 Å².